The number of amides is 2. The predicted octanol–water partition coefficient (Wildman–Crippen LogP) is 1.26. The minimum atomic E-state index is -0.370. The van der Waals surface area contributed by atoms with E-state index in [0.29, 0.717) is 32.1 Å². The molecular formula is C19H25N7O2. The summed E-state index contributed by atoms with van der Waals surface area (Å²) in [5.74, 6) is 1.39. The third kappa shape index (κ3) is 4.25. The van der Waals surface area contributed by atoms with Gasteiger partial charge in [0.2, 0.25) is 5.95 Å². The van der Waals surface area contributed by atoms with Crippen LogP contribution >= 0.6 is 0 Å². The second-order valence-electron chi connectivity index (χ2n) is 6.82. The van der Waals surface area contributed by atoms with E-state index in [-0.39, 0.29) is 6.03 Å². The zero-order valence-electron chi connectivity index (χ0n) is 15.8. The number of carbonyl (C=O) groups excluding carboxylic acids is 1. The quantitative estimate of drug-likeness (QED) is 0.820. The molecule has 0 bridgehead atoms. The summed E-state index contributed by atoms with van der Waals surface area (Å²) in [6.07, 6.45) is 1.74. The highest BCUT2D eigenvalue weighted by Gasteiger charge is 2.20. The molecule has 2 aliphatic rings. The van der Waals surface area contributed by atoms with Crippen molar-refractivity contribution in [3.8, 4) is 0 Å². The van der Waals surface area contributed by atoms with Crippen molar-refractivity contribution in [1.82, 2.24) is 14.9 Å². The number of urea groups is 1. The summed E-state index contributed by atoms with van der Waals surface area (Å²) in [6.45, 7) is 5.99. The molecule has 1 aromatic heterocycles. The van der Waals surface area contributed by atoms with Crippen LogP contribution in [0.4, 0.5) is 27.9 Å². The van der Waals surface area contributed by atoms with E-state index < -0.39 is 0 Å². The third-order valence-corrected chi connectivity index (χ3v) is 5.06. The van der Waals surface area contributed by atoms with Gasteiger partial charge in [-0.25, -0.2) is 9.78 Å². The molecule has 9 nitrogen and oxygen atoms in total. The number of hydrogen-bond acceptors (Lipinski definition) is 7. The van der Waals surface area contributed by atoms with Crippen molar-refractivity contribution in [2.24, 2.45) is 5.73 Å². The first-order valence-electron chi connectivity index (χ1n) is 9.51. The number of primary amides is 1. The molecular weight excluding hydrogens is 358 g/mol. The summed E-state index contributed by atoms with van der Waals surface area (Å²) in [4.78, 5) is 26.3. The SMILES string of the molecule is NC(=O)N1CCN(c2ccnc(Nc3ccc(N4CCOCC4)cc3)n2)CC1. The number of anilines is 4. The van der Waals surface area contributed by atoms with Crippen molar-refractivity contribution in [2.75, 3.05) is 67.6 Å². The maximum atomic E-state index is 11.3. The summed E-state index contributed by atoms with van der Waals surface area (Å²) in [7, 11) is 0. The largest absolute Gasteiger partial charge is 0.378 e. The molecule has 2 aromatic rings. The monoisotopic (exact) mass is 383 g/mol. The molecule has 2 amide bonds. The number of hydrogen-bond donors (Lipinski definition) is 2. The van der Waals surface area contributed by atoms with E-state index in [1.165, 1.54) is 5.69 Å². The van der Waals surface area contributed by atoms with Crippen molar-refractivity contribution in [3.05, 3.63) is 36.5 Å². The van der Waals surface area contributed by atoms with Crippen molar-refractivity contribution in [2.45, 2.75) is 0 Å². The van der Waals surface area contributed by atoms with E-state index in [1.807, 2.05) is 18.2 Å². The number of morpholine rings is 1. The Balaban J connectivity index is 1.39. The molecule has 3 heterocycles. The molecule has 1 aromatic carbocycles. The maximum absolute atomic E-state index is 11.3. The van der Waals surface area contributed by atoms with Crippen LogP contribution in [0.15, 0.2) is 36.5 Å². The summed E-state index contributed by atoms with van der Waals surface area (Å²) in [6, 6.07) is 9.78. The summed E-state index contributed by atoms with van der Waals surface area (Å²) < 4.78 is 5.40. The highest BCUT2D eigenvalue weighted by Crippen LogP contribution is 2.22. The maximum Gasteiger partial charge on any atom is 0.314 e. The molecule has 0 atom stereocenters. The first-order chi connectivity index (χ1) is 13.7. The van der Waals surface area contributed by atoms with Gasteiger partial charge in [-0.2, -0.15) is 4.98 Å². The van der Waals surface area contributed by atoms with Gasteiger partial charge in [0.15, 0.2) is 0 Å². The van der Waals surface area contributed by atoms with Crippen molar-refractivity contribution in [3.63, 3.8) is 0 Å². The van der Waals surface area contributed by atoms with Gasteiger partial charge in [0.25, 0.3) is 0 Å². The Bertz CT molecular complexity index is 800. The molecule has 0 saturated carbocycles. The summed E-state index contributed by atoms with van der Waals surface area (Å²) in [5, 5.41) is 3.26. The topological polar surface area (TPSA) is 99.9 Å². The van der Waals surface area contributed by atoms with Crippen LogP contribution in [-0.4, -0.2) is 73.4 Å². The number of benzene rings is 1. The number of nitrogens with zero attached hydrogens (tertiary/aromatic N) is 5. The lowest BCUT2D eigenvalue weighted by molar-refractivity contribution is 0.122. The number of aromatic nitrogens is 2. The van der Waals surface area contributed by atoms with E-state index in [0.717, 1.165) is 37.8 Å². The average Bonchev–Trinajstić information content (AvgIpc) is 2.75. The minimum absolute atomic E-state index is 0.370. The predicted molar refractivity (Wildman–Crippen MR) is 108 cm³/mol. The van der Waals surface area contributed by atoms with Gasteiger partial charge in [0.05, 0.1) is 13.2 Å². The Morgan fingerprint density at radius 2 is 1.68 bits per heavy atom. The van der Waals surface area contributed by atoms with E-state index >= 15 is 0 Å². The van der Waals surface area contributed by atoms with Gasteiger partial charge in [-0.15, -0.1) is 0 Å². The summed E-state index contributed by atoms with van der Waals surface area (Å²) >= 11 is 0. The number of nitrogens with one attached hydrogen (secondary N) is 1. The van der Waals surface area contributed by atoms with Crippen LogP contribution in [0.2, 0.25) is 0 Å². The van der Waals surface area contributed by atoms with Crippen LogP contribution in [0.1, 0.15) is 0 Å². The van der Waals surface area contributed by atoms with Crippen LogP contribution < -0.4 is 20.9 Å². The molecule has 0 aliphatic carbocycles. The zero-order chi connectivity index (χ0) is 19.3. The molecule has 9 heteroatoms. The van der Waals surface area contributed by atoms with Gasteiger partial charge >= 0.3 is 6.03 Å². The second kappa shape index (κ2) is 8.30. The van der Waals surface area contributed by atoms with E-state index in [2.05, 4.69) is 37.2 Å². The van der Waals surface area contributed by atoms with E-state index in [1.54, 1.807) is 11.1 Å². The fourth-order valence-corrected chi connectivity index (χ4v) is 3.45. The van der Waals surface area contributed by atoms with Crippen LogP contribution in [0, 0.1) is 0 Å². The van der Waals surface area contributed by atoms with Gasteiger partial charge in [0.1, 0.15) is 5.82 Å². The molecule has 0 radical (unpaired) electrons. The molecule has 28 heavy (non-hydrogen) atoms. The van der Waals surface area contributed by atoms with Gasteiger partial charge in [-0.1, -0.05) is 0 Å². The molecule has 0 unspecified atom stereocenters. The summed E-state index contributed by atoms with van der Waals surface area (Å²) in [5.41, 5.74) is 7.47. The van der Waals surface area contributed by atoms with Crippen molar-refractivity contribution >= 4 is 29.2 Å². The van der Waals surface area contributed by atoms with Crippen LogP contribution in [-0.2, 0) is 4.74 Å². The van der Waals surface area contributed by atoms with E-state index in [9.17, 15) is 4.79 Å². The fourth-order valence-electron chi connectivity index (χ4n) is 3.45. The number of piperazine rings is 1. The Labute approximate surface area is 164 Å². The molecule has 148 valence electrons. The highest BCUT2D eigenvalue weighted by molar-refractivity contribution is 5.72. The van der Waals surface area contributed by atoms with Gasteiger partial charge in [-0.3, -0.25) is 0 Å². The lowest BCUT2D eigenvalue weighted by Crippen LogP contribution is -2.50. The molecule has 2 saturated heterocycles. The third-order valence-electron chi connectivity index (χ3n) is 5.06. The molecule has 3 N–H and O–H groups in total. The van der Waals surface area contributed by atoms with Crippen LogP contribution in [0.5, 0.6) is 0 Å². The van der Waals surface area contributed by atoms with Gasteiger partial charge in [-0.05, 0) is 30.3 Å². The van der Waals surface area contributed by atoms with Gasteiger partial charge < -0.3 is 30.5 Å². The zero-order valence-corrected chi connectivity index (χ0v) is 15.8. The first-order valence-corrected chi connectivity index (χ1v) is 9.51. The minimum Gasteiger partial charge on any atom is -0.378 e. The number of nitrogens with two attached hydrogens (primary N) is 1. The van der Waals surface area contributed by atoms with Crippen LogP contribution in [0.3, 0.4) is 0 Å². The lowest BCUT2D eigenvalue weighted by Gasteiger charge is -2.34. The Morgan fingerprint density at radius 3 is 2.36 bits per heavy atom. The van der Waals surface area contributed by atoms with Crippen molar-refractivity contribution < 1.29 is 9.53 Å². The smallest absolute Gasteiger partial charge is 0.314 e. The molecule has 0 spiro atoms. The Hall–Kier alpha value is -3.07. The average molecular weight is 383 g/mol. The molecule has 2 fully saturated rings. The highest BCUT2D eigenvalue weighted by atomic mass is 16.5. The number of ether oxygens (including phenoxy) is 1. The van der Waals surface area contributed by atoms with Gasteiger partial charge in [0, 0.05) is 56.8 Å². The van der Waals surface area contributed by atoms with Crippen molar-refractivity contribution in [1.29, 1.82) is 0 Å². The normalized spacial score (nSPS) is 17.5. The number of carbonyl (C=O) groups is 1. The standard InChI is InChI=1S/C19H25N7O2/c20-18(27)26-9-7-25(8-10-26)17-5-6-21-19(23-17)22-15-1-3-16(4-2-15)24-11-13-28-14-12-24/h1-6H,7-14H2,(H2,20,27)(H,21,22,23). The fraction of sp³-hybridized carbons (Fsp3) is 0.421. The Morgan fingerprint density at radius 1 is 0.964 bits per heavy atom. The first kappa shape index (κ1) is 18.3. The second-order valence-corrected chi connectivity index (χ2v) is 6.82. The Kier molecular flexibility index (Phi) is 5.43. The molecule has 4 rings (SSSR count). The number of rotatable bonds is 4. The van der Waals surface area contributed by atoms with E-state index in [4.69, 9.17) is 10.5 Å². The molecule has 2 aliphatic heterocycles. The van der Waals surface area contributed by atoms with Crippen LogP contribution in [0.25, 0.3) is 0 Å². The lowest BCUT2D eigenvalue weighted by atomic mass is 10.2.